The van der Waals surface area contributed by atoms with Crippen molar-refractivity contribution >= 4 is 33.2 Å². The molecule has 3 aromatic carbocycles. The van der Waals surface area contributed by atoms with Crippen molar-refractivity contribution in [2.24, 2.45) is 0 Å². The molecule has 34 heavy (non-hydrogen) atoms. The number of carbonyl (C=O) groups is 1. The zero-order valence-corrected chi connectivity index (χ0v) is 20.0. The van der Waals surface area contributed by atoms with Crippen molar-refractivity contribution < 1.29 is 13.2 Å². The zero-order valence-electron chi connectivity index (χ0n) is 18.4. The number of sulfonamides is 1. The highest BCUT2D eigenvalue weighted by molar-refractivity contribution is 7.92. The predicted octanol–water partition coefficient (Wildman–Crippen LogP) is 4.35. The SMILES string of the molecule is Cc1nccn1-c1ccccc1CNC(=O)CN(c1cccc(Cl)c1)S(=O)(=O)c1ccccc1. The normalized spacial score (nSPS) is 11.2. The van der Waals surface area contributed by atoms with Crippen LogP contribution in [0.2, 0.25) is 5.02 Å². The second-order valence-electron chi connectivity index (χ2n) is 7.55. The highest BCUT2D eigenvalue weighted by Gasteiger charge is 2.27. The molecule has 0 unspecified atom stereocenters. The number of hydrogen-bond acceptors (Lipinski definition) is 4. The average Bonchev–Trinajstić information content (AvgIpc) is 3.27. The van der Waals surface area contributed by atoms with E-state index in [0.29, 0.717) is 10.7 Å². The van der Waals surface area contributed by atoms with Gasteiger partial charge in [0, 0.05) is 24.0 Å². The smallest absolute Gasteiger partial charge is 0.264 e. The van der Waals surface area contributed by atoms with Crippen LogP contribution in [0.5, 0.6) is 0 Å². The molecule has 4 rings (SSSR count). The summed E-state index contributed by atoms with van der Waals surface area (Å²) in [5.41, 5.74) is 2.07. The molecule has 0 saturated heterocycles. The molecule has 1 N–H and O–H groups in total. The third-order valence-electron chi connectivity index (χ3n) is 5.27. The second-order valence-corrected chi connectivity index (χ2v) is 9.85. The number of carbonyl (C=O) groups excluding carboxylic acids is 1. The number of imidazole rings is 1. The Morgan fingerprint density at radius 1 is 1.03 bits per heavy atom. The van der Waals surface area contributed by atoms with Crippen LogP contribution in [0.25, 0.3) is 5.69 Å². The van der Waals surface area contributed by atoms with Crippen LogP contribution in [-0.2, 0) is 21.4 Å². The van der Waals surface area contributed by atoms with Gasteiger partial charge in [0.2, 0.25) is 5.91 Å². The fourth-order valence-electron chi connectivity index (χ4n) is 3.57. The standard InChI is InChI=1S/C25H23ClN4O3S/c1-19-27-14-15-29(19)24-13-6-5-8-20(24)17-28-25(31)18-30(22-10-7-9-21(26)16-22)34(32,33)23-11-3-2-4-12-23/h2-16H,17-18H2,1H3,(H,28,31). The fourth-order valence-corrected chi connectivity index (χ4v) is 5.19. The lowest BCUT2D eigenvalue weighted by atomic mass is 10.1. The largest absolute Gasteiger partial charge is 0.350 e. The van der Waals surface area contributed by atoms with Crippen LogP contribution in [0.15, 0.2) is 96.2 Å². The summed E-state index contributed by atoms with van der Waals surface area (Å²) in [6.07, 6.45) is 3.56. The van der Waals surface area contributed by atoms with E-state index in [-0.39, 0.29) is 11.4 Å². The van der Waals surface area contributed by atoms with Gasteiger partial charge >= 0.3 is 0 Å². The number of halogens is 1. The van der Waals surface area contributed by atoms with Crippen LogP contribution in [-0.4, -0.2) is 30.4 Å². The van der Waals surface area contributed by atoms with Gasteiger partial charge in [-0.2, -0.15) is 0 Å². The summed E-state index contributed by atoms with van der Waals surface area (Å²) in [4.78, 5) is 17.3. The Hall–Kier alpha value is -3.62. The van der Waals surface area contributed by atoms with E-state index in [4.69, 9.17) is 11.6 Å². The van der Waals surface area contributed by atoms with Gasteiger partial charge in [-0.15, -0.1) is 0 Å². The van der Waals surface area contributed by atoms with Crippen LogP contribution >= 0.6 is 11.6 Å². The molecule has 0 aliphatic heterocycles. The van der Waals surface area contributed by atoms with Gasteiger partial charge in [0.1, 0.15) is 12.4 Å². The minimum atomic E-state index is -4.00. The van der Waals surface area contributed by atoms with E-state index in [1.54, 1.807) is 42.6 Å². The van der Waals surface area contributed by atoms with E-state index in [1.165, 1.54) is 18.2 Å². The molecule has 0 aliphatic rings. The van der Waals surface area contributed by atoms with Crippen LogP contribution in [0.1, 0.15) is 11.4 Å². The number of nitrogens with zero attached hydrogens (tertiary/aromatic N) is 3. The fraction of sp³-hybridized carbons (Fsp3) is 0.120. The number of nitrogens with one attached hydrogen (secondary N) is 1. The molecule has 0 bridgehead atoms. The number of anilines is 1. The van der Waals surface area contributed by atoms with Gasteiger partial charge in [-0.1, -0.05) is 54.1 Å². The maximum Gasteiger partial charge on any atom is 0.264 e. The summed E-state index contributed by atoms with van der Waals surface area (Å²) in [6.45, 7) is 1.72. The topological polar surface area (TPSA) is 84.3 Å². The van der Waals surface area contributed by atoms with Gasteiger partial charge in [0.15, 0.2) is 0 Å². The predicted molar refractivity (Wildman–Crippen MR) is 133 cm³/mol. The van der Waals surface area contributed by atoms with E-state index in [0.717, 1.165) is 21.4 Å². The maximum atomic E-state index is 13.4. The molecule has 0 saturated carbocycles. The Labute approximate surface area is 203 Å². The van der Waals surface area contributed by atoms with E-state index in [9.17, 15) is 13.2 Å². The lowest BCUT2D eigenvalue weighted by Crippen LogP contribution is -2.40. The molecule has 174 valence electrons. The van der Waals surface area contributed by atoms with Gasteiger partial charge in [0.05, 0.1) is 16.3 Å². The Balaban J connectivity index is 1.58. The molecule has 1 heterocycles. The van der Waals surface area contributed by atoms with Crippen molar-refractivity contribution in [3.63, 3.8) is 0 Å². The first-order chi connectivity index (χ1) is 16.4. The van der Waals surface area contributed by atoms with Crippen LogP contribution in [0.4, 0.5) is 5.69 Å². The van der Waals surface area contributed by atoms with Crippen molar-refractivity contribution in [1.82, 2.24) is 14.9 Å². The number of aromatic nitrogens is 2. The number of amides is 1. The Morgan fingerprint density at radius 3 is 2.47 bits per heavy atom. The van der Waals surface area contributed by atoms with Gasteiger partial charge < -0.3 is 9.88 Å². The Morgan fingerprint density at radius 2 is 1.76 bits per heavy atom. The van der Waals surface area contributed by atoms with Gasteiger partial charge in [-0.05, 0) is 48.9 Å². The summed E-state index contributed by atoms with van der Waals surface area (Å²) < 4.78 is 29.8. The van der Waals surface area contributed by atoms with Gasteiger partial charge in [0.25, 0.3) is 10.0 Å². The molecule has 0 spiro atoms. The Bertz CT molecular complexity index is 1400. The molecule has 1 aromatic heterocycles. The summed E-state index contributed by atoms with van der Waals surface area (Å²) in [6, 6.07) is 22.1. The first-order valence-electron chi connectivity index (χ1n) is 10.5. The van der Waals surface area contributed by atoms with E-state index in [2.05, 4.69) is 10.3 Å². The van der Waals surface area contributed by atoms with E-state index < -0.39 is 22.5 Å². The third-order valence-corrected chi connectivity index (χ3v) is 7.29. The Kier molecular flexibility index (Phi) is 7.00. The quantitative estimate of drug-likeness (QED) is 0.395. The van der Waals surface area contributed by atoms with Crippen molar-refractivity contribution in [2.75, 3.05) is 10.8 Å². The molecule has 0 radical (unpaired) electrons. The van der Waals surface area contributed by atoms with Gasteiger partial charge in [-0.3, -0.25) is 9.10 Å². The van der Waals surface area contributed by atoms with Gasteiger partial charge in [-0.25, -0.2) is 13.4 Å². The van der Waals surface area contributed by atoms with E-state index in [1.807, 2.05) is 42.0 Å². The number of hydrogen-bond donors (Lipinski definition) is 1. The molecule has 0 fully saturated rings. The molecule has 0 atom stereocenters. The molecular weight excluding hydrogens is 472 g/mol. The first-order valence-corrected chi connectivity index (χ1v) is 12.4. The number of aryl methyl sites for hydroxylation is 1. The van der Waals surface area contributed by atoms with E-state index >= 15 is 0 Å². The summed E-state index contributed by atoms with van der Waals surface area (Å²) in [5.74, 6) is 0.372. The second kappa shape index (κ2) is 10.1. The lowest BCUT2D eigenvalue weighted by Gasteiger charge is -2.24. The third kappa shape index (κ3) is 5.13. The summed E-state index contributed by atoms with van der Waals surface area (Å²) >= 11 is 6.11. The number of benzene rings is 3. The molecule has 9 heteroatoms. The number of rotatable bonds is 8. The zero-order chi connectivity index (χ0) is 24.1. The molecule has 4 aromatic rings. The molecule has 7 nitrogen and oxygen atoms in total. The first kappa shape index (κ1) is 23.5. The monoisotopic (exact) mass is 494 g/mol. The van der Waals surface area contributed by atoms with Crippen molar-refractivity contribution in [1.29, 1.82) is 0 Å². The minimum absolute atomic E-state index is 0.0868. The van der Waals surface area contributed by atoms with Crippen molar-refractivity contribution in [2.45, 2.75) is 18.4 Å². The molecule has 0 aliphatic carbocycles. The maximum absolute atomic E-state index is 13.4. The van der Waals surface area contributed by atoms with Crippen LogP contribution < -0.4 is 9.62 Å². The van der Waals surface area contributed by atoms with Crippen molar-refractivity contribution in [3.8, 4) is 5.69 Å². The summed E-state index contributed by atoms with van der Waals surface area (Å²) in [5, 5.41) is 3.22. The van der Waals surface area contributed by atoms with Crippen molar-refractivity contribution in [3.05, 3.63) is 108 Å². The molecular formula is C25H23ClN4O3S. The lowest BCUT2D eigenvalue weighted by molar-refractivity contribution is -0.119. The van der Waals surface area contributed by atoms with Crippen LogP contribution in [0.3, 0.4) is 0 Å². The highest BCUT2D eigenvalue weighted by atomic mass is 35.5. The number of para-hydroxylation sites is 1. The minimum Gasteiger partial charge on any atom is -0.350 e. The molecule has 1 amide bonds. The average molecular weight is 495 g/mol. The summed E-state index contributed by atoms with van der Waals surface area (Å²) in [7, 11) is -4.00. The van der Waals surface area contributed by atoms with Crippen LogP contribution in [0, 0.1) is 6.92 Å². The highest BCUT2D eigenvalue weighted by Crippen LogP contribution is 2.26.